The number of benzene rings is 1. The van der Waals surface area contributed by atoms with Gasteiger partial charge in [0.2, 0.25) is 0 Å². The predicted octanol–water partition coefficient (Wildman–Crippen LogP) is 2.16. The number of rotatable bonds is 1. The average molecular weight is 378 g/mol. The lowest BCUT2D eigenvalue weighted by molar-refractivity contribution is -0.159. The summed E-state index contributed by atoms with van der Waals surface area (Å²) < 4.78 is 57.3. The van der Waals surface area contributed by atoms with Gasteiger partial charge in [-0.15, -0.1) is 0 Å². The number of alkyl halides is 3. The van der Waals surface area contributed by atoms with Crippen LogP contribution in [0.5, 0.6) is 0 Å². The van der Waals surface area contributed by atoms with E-state index in [0.717, 1.165) is 6.07 Å². The van der Waals surface area contributed by atoms with Crippen molar-refractivity contribution in [3.63, 3.8) is 0 Å². The molecular formula is C15H14F4N2O5. The zero-order valence-electron chi connectivity index (χ0n) is 13.1. The Labute approximate surface area is 143 Å². The number of hydrogen-bond acceptors (Lipinski definition) is 5. The zero-order valence-corrected chi connectivity index (χ0v) is 13.1. The van der Waals surface area contributed by atoms with Crippen molar-refractivity contribution in [2.24, 2.45) is 0 Å². The Hall–Kier alpha value is -2.82. The van der Waals surface area contributed by atoms with E-state index >= 15 is 0 Å². The molecule has 1 fully saturated rings. The molecule has 3 N–H and O–H groups in total. The number of piperazine rings is 1. The minimum atomic E-state index is -4.56. The fourth-order valence-electron chi connectivity index (χ4n) is 2.44. The van der Waals surface area contributed by atoms with Crippen LogP contribution in [0.3, 0.4) is 0 Å². The molecule has 0 unspecified atom stereocenters. The van der Waals surface area contributed by atoms with Crippen LogP contribution in [-0.4, -0.2) is 48.3 Å². The van der Waals surface area contributed by atoms with Crippen LogP contribution in [-0.2, 0) is 15.8 Å². The van der Waals surface area contributed by atoms with E-state index in [4.69, 9.17) is 24.2 Å². The van der Waals surface area contributed by atoms with Gasteiger partial charge in [0.15, 0.2) is 5.58 Å². The Bertz CT molecular complexity index is 800. The van der Waals surface area contributed by atoms with E-state index in [9.17, 15) is 17.6 Å². The molecule has 7 nitrogen and oxygen atoms in total. The second-order valence-electron chi connectivity index (χ2n) is 5.30. The highest BCUT2D eigenvalue weighted by atomic mass is 19.4. The molecule has 2 aromatic rings. The van der Waals surface area contributed by atoms with Crippen molar-refractivity contribution >= 4 is 28.6 Å². The van der Waals surface area contributed by atoms with Crippen molar-refractivity contribution in [2.75, 3.05) is 31.1 Å². The first-order chi connectivity index (χ1) is 12.1. The minimum absolute atomic E-state index is 0.0839. The predicted molar refractivity (Wildman–Crippen MR) is 81.5 cm³/mol. The van der Waals surface area contributed by atoms with Gasteiger partial charge in [-0.2, -0.15) is 13.2 Å². The van der Waals surface area contributed by atoms with Gasteiger partial charge in [0.1, 0.15) is 17.6 Å². The maximum Gasteiger partial charge on any atom is 0.420 e. The van der Waals surface area contributed by atoms with Crippen molar-refractivity contribution < 1.29 is 41.8 Å². The van der Waals surface area contributed by atoms with Crippen LogP contribution in [0, 0.1) is 5.82 Å². The van der Waals surface area contributed by atoms with Crippen LogP contribution in [0.2, 0.25) is 0 Å². The molecule has 1 aliphatic heterocycles. The summed E-state index contributed by atoms with van der Waals surface area (Å²) in [6.07, 6.45) is -3.91. The van der Waals surface area contributed by atoms with Gasteiger partial charge in [-0.25, -0.2) is 14.0 Å². The first-order valence-electron chi connectivity index (χ1n) is 7.31. The van der Waals surface area contributed by atoms with Gasteiger partial charge in [-0.1, -0.05) is 0 Å². The van der Waals surface area contributed by atoms with Gasteiger partial charge < -0.3 is 24.8 Å². The molecule has 0 amide bonds. The van der Waals surface area contributed by atoms with Crippen LogP contribution >= 0.6 is 0 Å². The number of aliphatic carboxylic acids is 2. The summed E-state index contributed by atoms with van der Waals surface area (Å²) in [5.41, 5.74) is -0.485. The molecule has 11 heteroatoms. The van der Waals surface area contributed by atoms with Crippen LogP contribution in [0.25, 0.3) is 11.0 Å². The summed E-state index contributed by atoms with van der Waals surface area (Å²) in [5.74, 6) is -4.34. The lowest BCUT2D eigenvalue weighted by Crippen LogP contribution is -2.43. The normalized spacial score (nSPS) is 14.7. The zero-order chi connectivity index (χ0) is 19.5. The number of nitrogens with zero attached hydrogens (tertiary/aromatic N) is 1. The molecule has 1 aromatic carbocycles. The number of carboxylic acids is 2. The maximum atomic E-state index is 13.6. The van der Waals surface area contributed by atoms with E-state index in [1.54, 1.807) is 0 Å². The molecule has 1 aromatic heterocycles. The summed E-state index contributed by atoms with van der Waals surface area (Å²) in [6, 6.07) is 2.09. The van der Waals surface area contributed by atoms with Gasteiger partial charge in [0, 0.05) is 37.6 Å². The SMILES string of the molecule is Fc1cc(N2CCNCC2)c2occ(C(F)(F)F)c2c1.O=C(O)C(=O)O. The summed E-state index contributed by atoms with van der Waals surface area (Å²) in [5, 5.41) is 17.7. The third kappa shape index (κ3) is 4.42. The molecule has 0 radical (unpaired) electrons. The van der Waals surface area contributed by atoms with E-state index < -0.39 is 29.5 Å². The molecule has 1 aliphatic rings. The summed E-state index contributed by atoms with van der Waals surface area (Å²) in [4.78, 5) is 20.0. The lowest BCUT2D eigenvalue weighted by Gasteiger charge is -2.29. The molecule has 0 atom stereocenters. The Morgan fingerprint density at radius 2 is 1.69 bits per heavy atom. The van der Waals surface area contributed by atoms with E-state index in [1.165, 1.54) is 6.07 Å². The van der Waals surface area contributed by atoms with E-state index in [0.29, 0.717) is 38.1 Å². The fraction of sp³-hybridized carbons (Fsp3) is 0.333. The smallest absolute Gasteiger partial charge is 0.420 e. The van der Waals surface area contributed by atoms with Crippen molar-refractivity contribution in [3.8, 4) is 0 Å². The summed E-state index contributed by atoms with van der Waals surface area (Å²) in [7, 11) is 0. The summed E-state index contributed by atoms with van der Waals surface area (Å²) in [6.45, 7) is 2.59. The first-order valence-corrected chi connectivity index (χ1v) is 7.31. The molecule has 0 bridgehead atoms. The third-order valence-corrected chi connectivity index (χ3v) is 3.56. The minimum Gasteiger partial charge on any atom is -0.473 e. The van der Waals surface area contributed by atoms with Gasteiger partial charge in [-0.3, -0.25) is 0 Å². The number of halogens is 4. The molecule has 1 saturated heterocycles. The van der Waals surface area contributed by atoms with Crippen molar-refractivity contribution in [1.82, 2.24) is 5.32 Å². The van der Waals surface area contributed by atoms with Gasteiger partial charge >= 0.3 is 18.1 Å². The molecule has 2 heterocycles. The van der Waals surface area contributed by atoms with Crippen molar-refractivity contribution in [2.45, 2.75) is 6.18 Å². The second-order valence-corrected chi connectivity index (χ2v) is 5.30. The highest BCUT2D eigenvalue weighted by Gasteiger charge is 2.35. The first kappa shape index (κ1) is 19.5. The molecule has 142 valence electrons. The Balaban J connectivity index is 0.000000352. The van der Waals surface area contributed by atoms with Gasteiger partial charge in [-0.05, 0) is 6.07 Å². The number of nitrogens with one attached hydrogen (secondary N) is 1. The average Bonchev–Trinajstić information content (AvgIpc) is 2.99. The van der Waals surface area contributed by atoms with Crippen LogP contribution in [0.1, 0.15) is 5.56 Å². The lowest BCUT2D eigenvalue weighted by atomic mass is 10.1. The van der Waals surface area contributed by atoms with Crippen molar-refractivity contribution in [3.05, 3.63) is 29.8 Å². The highest BCUT2D eigenvalue weighted by Crippen LogP contribution is 2.39. The van der Waals surface area contributed by atoms with Gasteiger partial charge in [0.25, 0.3) is 0 Å². The Kier molecular flexibility index (Phi) is 5.70. The largest absolute Gasteiger partial charge is 0.473 e. The standard InChI is InChI=1S/C13H12F4N2O.C2H2O4/c14-8-5-9-10(13(15,16)17)7-20-12(9)11(6-8)19-3-1-18-2-4-19;3-1(4)2(5)6/h5-7,18H,1-4H2;(H,3,4)(H,5,6). The molecule has 3 rings (SSSR count). The molecule has 0 saturated carbocycles. The maximum absolute atomic E-state index is 13.6. The van der Waals surface area contributed by atoms with Crippen LogP contribution in [0.15, 0.2) is 22.8 Å². The fourth-order valence-corrected chi connectivity index (χ4v) is 2.44. The quantitative estimate of drug-likeness (QED) is 0.516. The van der Waals surface area contributed by atoms with Crippen LogP contribution in [0.4, 0.5) is 23.2 Å². The number of fused-ring (bicyclic) bond motifs is 1. The second kappa shape index (κ2) is 7.60. The molecule has 0 aliphatic carbocycles. The number of furan rings is 1. The van der Waals surface area contributed by atoms with Crippen molar-refractivity contribution in [1.29, 1.82) is 0 Å². The number of carboxylic acid groups (broad SMARTS) is 2. The highest BCUT2D eigenvalue weighted by molar-refractivity contribution is 6.27. The monoisotopic (exact) mass is 378 g/mol. The molecular weight excluding hydrogens is 364 g/mol. The topological polar surface area (TPSA) is 103 Å². The Morgan fingerprint density at radius 1 is 1.12 bits per heavy atom. The van der Waals surface area contributed by atoms with Crippen LogP contribution < -0.4 is 10.2 Å². The van der Waals surface area contributed by atoms with E-state index in [-0.39, 0.29) is 11.0 Å². The van der Waals surface area contributed by atoms with Gasteiger partial charge in [0.05, 0.1) is 5.69 Å². The third-order valence-electron chi connectivity index (χ3n) is 3.56. The van der Waals surface area contributed by atoms with E-state index in [1.807, 2.05) is 4.90 Å². The number of hydrogen-bond donors (Lipinski definition) is 3. The summed E-state index contributed by atoms with van der Waals surface area (Å²) >= 11 is 0. The molecule has 0 spiro atoms. The number of anilines is 1. The Morgan fingerprint density at radius 3 is 2.19 bits per heavy atom. The van der Waals surface area contributed by atoms with E-state index in [2.05, 4.69) is 5.32 Å². The number of carbonyl (C=O) groups is 2. The molecule has 26 heavy (non-hydrogen) atoms.